The van der Waals surface area contributed by atoms with Gasteiger partial charge in [-0.2, -0.15) is 0 Å². The minimum Gasteiger partial charge on any atom is -0.462 e. The molecule has 6 nitrogen and oxygen atoms in total. The molecule has 0 aromatic carbocycles. The van der Waals surface area contributed by atoms with Crippen molar-refractivity contribution in [3.8, 4) is 0 Å². The van der Waals surface area contributed by atoms with Crippen LogP contribution in [0, 0.1) is 6.92 Å². The number of anilines is 1. The molecule has 0 saturated heterocycles. The Morgan fingerprint density at radius 1 is 1.48 bits per heavy atom. The highest BCUT2D eigenvalue weighted by atomic mass is 32.1. The van der Waals surface area contributed by atoms with E-state index in [4.69, 9.17) is 9.47 Å². The molecule has 0 bridgehead atoms. The van der Waals surface area contributed by atoms with Crippen molar-refractivity contribution in [2.45, 2.75) is 26.8 Å². The topological polar surface area (TPSA) is 73.3 Å². The lowest BCUT2D eigenvalue weighted by Gasteiger charge is -2.14. The number of thiophene rings is 1. The number of hydrogen-bond acceptors (Lipinski definition) is 7. The Balaban J connectivity index is 2.42. The number of aromatic nitrogens is 2. The Morgan fingerprint density at radius 3 is 2.90 bits per heavy atom. The van der Waals surface area contributed by atoms with E-state index in [1.807, 2.05) is 13.8 Å². The average Bonchev–Trinajstić information content (AvgIpc) is 2.78. The van der Waals surface area contributed by atoms with Gasteiger partial charge in [-0.25, -0.2) is 14.8 Å². The number of carbonyl (C=O) groups is 1. The van der Waals surface area contributed by atoms with Crippen LogP contribution in [0.2, 0.25) is 0 Å². The molecule has 0 aliphatic carbocycles. The fourth-order valence-electron chi connectivity index (χ4n) is 2.10. The Hall–Kier alpha value is -1.73. The summed E-state index contributed by atoms with van der Waals surface area (Å²) in [5.41, 5.74) is 0.848. The molecular formula is C14H19N3O3S. The SMILES string of the molecule is CCOC(=O)c1sc2ncnc(N[C@@H](C)COC)c2c1C. The Kier molecular flexibility index (Phi) is 5.08. The first-order chi connectivity index (χ1) is 10.1. The van der Waals surface area contributed by atoms with Crippen LogP contribution in [0.5, 0.6) is 0 Å². The molecule has 2 aromatic rings. The van der Waals surface area contributed by atoms with Gasteiger partial charge in [0.1, 0.15) is 21.9 Å². The van der Waals surface area contributed by atoms with Crippen LogP contribution >= 0.6 is 11.3 Å². The van der Waals surface area contributed by atoms with Crippen molar-refractivity contribution >= 4 is 33.3 Å². The number of nitrogens with zero attached hydrogens (tertiary/aromatic N) is 2. The van der Waals surface area contributed by atoms with E-state index < -0.39 is 0 Å². The molecule has 0 saturated carbocycles. The zero-order chi connectivity index (χ0) is 15.4. The summed E-state index contributed by atoms with van der Waals surface area (Å²) in [6, 6.07) is 0.110. The Bertz CT molecular complexity index is 642. The van der Waals surface area contributed by atoms with Gasteiger partial charge in [0.15, 0.2) is 0 Å². The molecule has 0 radical (unpaired) electrons. The van der Waals surface area contributed by atoms with Gasteiger partial charge in [-0.05, 0) is 26.3 Å². The van der Waals surface area contributed by atoms with Crippen LogP contribution in [0.15, 0.2) is 6.33 Å². The molecule has 114 valence electrons. The number of fused-ring (bicyclic) bond motifs is 1. The molecule has 0 fully saturated rings. The second-order valence-corrected chi connectivity index (χ2v) is 5.68. The first-order valence-corrected chi connectivity index (χ1v) is 7.56. The van der Waals surface area contributed by atoms with Crippen LogP contribution < -0.4 is 5.32 Å². The number of nitrogens with one attached hydrogen (secondary N) is 1. The van der Waals surface area contributed by atoms with Gasteiger partial charge in [0.05, 0.1) is 18.6 Å². The molecule has 2 rings (SSSR count). The van der Waals surface area contributed by atoms with Crippen LogP contribution in [0.25, 0.3) is 10.2 Å². The highest BCUT2D eigenvalue weighted by Crippen LogP contribution is 2.33. The Morgan fingerprint density at radius 2 is 2.24 bits per heavy atom. The van der Waals surface area contributed by atoms with E-state index in [1.54, 1.807) is 14.0 Å². The summed E-state index contributed by atoms with van der Waals surface area (Å²) in [7, 11) is 1.66. The molecule has 0 aliphatic rings. The van der Waals surface area contributed by atoms with Gasteiger partial charge in [0.2, 0.25) is 0 Å². The first-order valence-electron chi connectivity index (χ1n) is 6.75. The fraction of sp³-hybridized carbons (Fsp3) is 0.500. The van der Waals surface area contributed by atoms with Crippen molar-refractivity contribution in [2.24, 2.45) is 0 Å². The maximum Gasteiger partial charge on any atom is 0.348 e. The largest absolute Gasteiger partial charge is 0.462 e. The second kappa shape index (κ2) is 6.82. The molecule has 0 aliphatic heterocycles. The first kappa shape index (κ1) is 15.7. The summed E-state index contributed by atoms with van der Waals surface area (Å²) < 4.78 is 10.2. The van der Waals surface area contributed by atoms with Crippen LogP contribution in [-0.4, -0.2) is 42.3 Å². The molecule has 1 atom stereocenters. The zero-order valence-electron chi connectivity index (χ0n) is 12.6. The van der Waals surface area contributed by atoms with E-state index in [0.29, 0.717) is 23.9 Å². The van der Waals surface area contributed by atoms with Gasteiger partial charge < -0.3 is 14.8 Å². The van der Waals surface area contributed by atoms with Crippen molar-refractivity contribution in [1.82, 2.24) is 9.97 Å². The van der Waals surface area contributed by atoms with Gasteiger partial charge >= 0.3 is 5.97 Å². The molecule has 21 heavy (non-hydrogen) atoms. The van der Waals surface area contributed by atoms with Crippen molar-refractivity contribution in [2.75, 3.05) is 25.6 Å². The maximum atomic E-state index is 12.0. The third-order valence-electron chi connectivity index (χ3n) is 2.99. The molecule has 0 unspecified atom stereocenters. The van der Waals surface area contributed by atoms with Crippen LogP contribution in [0.1, 0.15) is 29.1 Å². The van der Waals surface area contributed by atoms with Crippen LogP contribution in [0.4, 0.5) is 5.82 Å². The van der Waals surface area contributed by atoms with E-state index in [1.165, 1.54) is 17.7 Å². The molecular weight excluding hydrogens is 290 g/mol. The smallest absolute Gasteiger partial charge is 0.348 e. The lowest BCUT2D eigenvalue weighted by molar-refractivity contribution is 0.0531. The number of esters is 1. The summed E-state index contributed by atoms with van der Waals surface area (Å²) in [6.45, 7) is 6.61. The van der Waals surface area contributed by atoms with Gasteiger partial charge in [0.25, 0.3) is 0 Å². The molecule has 0 spiro atoms. The van der Waals surface area contributed by atoms with Crippen molar-refractivity contribution < 1.29 is 14.3 Å². The summed E-state index contributed by atoms with van der Waals surface area (Å²) >= 11 is 1.33. The van der Waals surface area contributed by atoms with Crippen molar-refractivity contribution in [1.29, 1.82) is 0 Å². The Labute approximate surface area is 127 Å². The van der Waals surface area contributed by atoms with Gasteiger partial charge in [-0.15, -0.1) is 11.3 Å². The minimum atomic E-state index is -0.311. The average molecular weight is 309 g/mol. The number of ether oxygens (including phenoxy) is 2. The summed E-state index contributed by atoms with van der Waals surface area (Å²) in [6.07, 6.45) is 1.50. The fourth-order valence-corrected chi connectivity index (χ4v) is 3.14. The van der Waals surface area contributed by atoms with E-state index >= 15 is 0 Å². The minimum absolute atomic E-state index is 0.110. The van der Waals surface area contributed by atoms with E-state index in [-0.39, 0.29) is 12.0 Å². The van der Waals surface area contributed by atoms with E-state index in [0.717, 1.165) is 15.8 Å². The molecule has 2 heterocycles. The molecule has 0 amide bonds. The second-order valence-electron chi connectivity index (χ2n) is 4.68. The standard InChI is InChI=1S/C14H19N3O3S/c1-5-20-14(18)11-9(3)10-12(17-8(2)6-19-4)15-7-16-13(10)21-11/h7-8H,5-6H2,1-4H3,(H,15,16,17)/t8-/m0/s1. The normalized spacial score (nSPS) is 12.4. The number of rotatable bonds is 6. The zero-order valence-corrected chi connectivity index (χ0v) is 13.4. The monoisotopic (exact) mass is 309 g/mol. The van der Waals surface area contributed by atoms with Gasteiger partial charge in [-0.1, -0.05) is 0 Å². The van der Waals surface area contributed by atoms with Gasteiger partial charge in [0, 0.05) is 13.2 Å². The number of hydrogen-bond donors (Lipinski definition) is 1. The highest BCUT2D eigenvalue weighted by Gasteiger charge is 2.20. The predicted octanol–water partition coefficient (Wildman–Crippen LogP) is 2.62. The lowest BCUT2D eigenvalue weighted by atomic mass is 10.2. The predicted molar refractivity (Wildman–Crippen MR) is 83.1 cm³/mol. The van der Waals surface area contributed by atoms with Crippen molar-refractivity contribution in [3.63, 3.8) is 0 Å². The molecule has 2 aromatic heterocycles. The summed E-state index contributed by atoms with van der Waals surface area (Å²) in [4.78, 5) is 21.9. The number of carbonyl (C=O) groups excluding carboxylic acids is 1. The number of aryl methyl sites for hydroxylation is 1. The van der Waals surface area contributed by atoms with E-state index in [9.17, 15) is 4.79 Å². The summed E-state index contributed by atoms with van der Waals surface area (Å²) in [5, 5.41) is 4.16. The highest BCUT2D eigenvalue weighted by molar-refractivity contribution is 7.20. The van der Waals surface area contributed by atoms with E-state index in [2.05, 4.69) is 15.3 Å². The quantitative estimate of drug-likeness (QED) is 0.827. The molecule has 1 N–H and O–H groups in total. The summed E-state index contributed by atoms with van der Waals surface area (Å²) in [5.74, 6) is 0.405. The lowest BCUT2D eigenvalue weighted by Crippen LogP contribution is -2.21. The van der Waals surface area contributed by atoms with Gasteiger partial charge in [-0.3, -0.25) is 0 Å². The van der Waals surface area contributed by atoms with Crippen LogP contribution in [-0.2, 0) is 9.47 Å². The molecule has 7 heteroatoms. The van der Waals surface area contributed by atoms with Crippen LogP contribution in [0.3, 0.4) is 0 Å². The maximum absolute atomic E-state index is 12.0. The van der Waals surface area contributed by atoms with Crippen molar-refractivity contribution in [3.05, 3.63) is 16.8 Å². The third kappa shape index (κ3) is 3.30. The number of methoxy groups -OCH3 is 1. The third-order valence-corrected chi connectivity index (χ3v) is 4.17.